The summed E-state index contributed by atoms with van der Waals surface area (Å²) in [4.78, 5) is 0. The Bertz CT molecular complexity index is 568. The molecule has 3 heteroatoms. The Balaban J connectivity index is 1.70. The molecule has 1 N–H and O–H groups in total. The molecule has 0 fully saturated rings. The monoisotopic (exact) mass is 259 g/mol. The van der Waals surface area contributed by atoms with Crippen LogP contribution in [0, 0.1) is 0 Å². The van der Waals surface area contributed by atoms with Gasteiger partial charge in [-0.25, -0.2) is 0 Å². The summed E-state index contributed by atoms with van der Waals surface area (Å²) in [5.41, 5.74) is 3.82. The van der Waals surface area contributed by atoms with Crippen LogP contribution in [-0.4, -0.2) is 6.54 Å². The molecule has 1 heterocycles. The maximum atomic E-state index is 5.92. The van der Waals surface area contributed by atoms with Crippen molar-refractivity contribution in [1.29, 1.82) is 0 Å². The van der Waals surface area contributed by atoms with Gasteiger partial charge in [0.05, 0.1) is 0 Å². The maximum absolute atomic E-state index is 5.92. The topological polar surface area (TPSA) is 21.3 Å². The zero-order valence-corrected chi connectivity index (χ0v) is 10.7. The number of ether oxygens (including phenoxy) is 1. The molecule has 18 heavy (non-hydrogen) atoms. The van der Waals surface area contributed by atoms with Crippen molar-refractivity contribution in [3.63, 3.8) is 0 Å². The van der Waals surface area contributed by atoms with E-state index in [9.17, 15) is 0 Å². The number of nitrogens with one attached hydrogen (secondary N) is 1. The van der Waals surface area contributed by atoms with Gasteiger partial charge in [0, 0.05) is 17.3 Å². The minimum atomic E-state index is 0.577. The number of anilines is 1. The molecule has 0 aromatic heterocycles. The fourth-order valence-corrected chi connectivity index (χ4v) is 2.35. The maximum Gasteiger partial charge on any atom is 0.121 e. The van der Waals surface area contributed by atoms with Gasteiger partial charge in [0.2, 0.25) is 0 Å². The molecule has 0 atom stereocenters. The Hall–Kier alpha value is -1.67. The van der Waals surface area contributed by atoms with Crippen LogP contribution in [-0.2, 0) is 13.0 Å². The molecule has 0 saturated carbocycles. The second-order valence-corrected chi connectivity index (χ2v) is 4.85. The Morgan fingerprint density at radius 1 is 1.17 bits per heavy atom. The third kappa shape index (κ3) is 2.44. The van der Waals surface area contributed by atoms with Gasteiger partial charge in [-0.2, -0.15) is 0 Å². The molecule has 2 nitrogen and oxygen atoms in total. The van der Waals surface area contributed by atoms with E-state index in [0.717, 1.165) is 18.7 Å². The number of hydrogen-bond acceptors (Lipinski definition) is 2. The van der Waals surface area contributed by atoms with Crippen LogP contribution in [0.3, 0.4) is 0 Å². The van der Waals surface area contributed by atoms with Crippen molar-refractivity contribution in [3.05, 3.63) is 58.6 Å². The summed E-state index contributed by atoms with van der Waals surface area (Å²) in [6.07, 6.45) is 1.10. The number of fused-ring (bicyclic) bond motifs is 1. The first kappa shape index (κ1) is 11.4. The first-order valence-electron chi connectivity index (χ1n) is 6.05. The molecule has 0 unspecified atom stereocenters. The van der Waals surface area contributed by atoms with Gasteiger partial charge >= 0.3 is 0 Å². The fourth-order valence-electron chi connectivity index (χ4n) is 2.17. The van der Waals surface area contributed by atoms with Crippen LogP contribution < -0.4 is 10.1 Å². The van der Waals surface area contributed by atoms with Gasteiger partial charge in [-0.15, -0.1) is 0 Å². The zero-order chi connectivity index (χ0) is 12.4. The Morgan fingerprint density at radius 3 is 3.00 bits per heavy atom. The van der Waals surface area contributed by atoms with E-state index in [-0.39, 0.29) is 0 Å². The Morgan fingerprint density at radius 2 is 2.11 bits per heavy atom. The lowest BCUT2D eigenvalue weighted by molar-refractivity contribution is 0.306. The number of hydrogen-bond donors (Lipinski definition) is 1. The molecular weight excluding hydrogens is 246 g/mol. The van der Waals surface area contributed by atoms with E-state index in [1.807, 2.05) is 24.3 Å². The molecule has 2 aromatic rings. The van der Waals surface area contributed by atoms with Gasteiger partial charge in [-0.05, 0) is 41.8 Å². The minimum absolute atomic E-state index is 0.577. The van der Waals surface area contributed by atoms with Gasteiger partial charge in [0.15, 0.2) is 0 Å². The van der Waals surface area contributed by atoms with Crippen molar-refractivity contribution in [3.8, 4) is 5.75 Å². The molecule has 0 aliphatic carbocycles. The molecule has 0 radical (unpaired) electrons. The second kappa shape index (κ2) is 4.91. The molecule has 3 rings (SSSR count). The highest BCUT2D eigenvalue weighted by Gasteiger charge is 2.09. The van der Waals surface area contributed by atoms with Crippen LogP contribution in [0.25, 0.3) is 0 Å². The average molecular weight is 260 g/mol. The first-order chi connectivity index (χ1) is 8.81. The lowest BCUT2D eigenvalue weighted by atomic mass is 10.1. The number of rotatable bonds is 3. The van der Waals surface area contributed by atoms with Gasteiger partial charge in [-0.1, -0.05) is 29.8 Å². The summed E-state index contributed by atoms with van der Waals surface area (Å²) in [5.74, 6) is 0.807. The highest BCUT2D eigenvalue weighted by molar-refractivity contribution is 6.30. The van der Waals surface area contributed by atoms with Crippen molar-refractivity contribution in [2.45, 2.75) is 13.0 Å². The summed E-state index contributed by atoms with van der Waals surface area (Å²) < 4.78 is 5.73. The molecule has 1 aliphatic rings. The van der Waals surface area contributed by atoms with Gasteiger partial charge in [-0.3, -0.25) is 0 Å². The van der Waals surface area contributed by atoms with Crippen LogP contribution in [0.4, 0.5) is 5.69 Å². The third-order valence-electron chi connectivity index (χ3n) is 3.08. The Kier molecular flexibility index (Phi) is 3.11. The molecular formula is C15H14ClNO. The van der Waals surface area contributed by atoms with E-state index in [0.29, 0.717) is 11.6 Å². The van der Waals surface area contributed by atoms with Crippen molar-refractivity contribution >= 4 is 17.3 Å². The Labute approximate surface area is 112 Å². The minimum Gasteiger partial charge on any atom is -0.489 e. The molecule has 0 amide bonds. The molecule has 1 aliphatic heterocycles. The van der Waals surface area contributed by atoms with Crippen LogP contribution in [0.15, 0.2) is 42.5 Å². The zero-order valence-electron chi connectivity index (χ0n) is 9.95. The summed E-state index contributed by atoms with van der Waals surface area (Å²) in [7, 11) is 0. The number of halogens is 1. The quantitative estimate of drug-likeness (QED) is 0.903. The summed E-state index contributed by atoms with van der Waals surface area (Å²) in [6, 6.07) is 13.9. The van der Waals surface area contributed by atoms with Crippen molar-refractivity contribution in [1.82, 2.24) is 0 Å². The summed E-state index contributed by atoms with van der Waals surface area (Å²) in [5, 5.41) is 4.05. The highest BCUT2D eigenvalue weighted by Crippen LogP contribution is 2.24. The second-order valence-electron chi connectivity index (χ2n) is 4.41. The molecule has 92 valence electrons. The van der Waals surface area contributed by atoms with Crippen molar-refractivity contribution in [2.24, 2.45) is 0 Å². The largest absolute Gasteiger partial charge is 0.489 e. The van der Waals surface area contributed by atoms with Crippen LogP contribution in [0.2, 0.25) is 5.02 Å². The van der Waals surface area contributed by atoms with Crippen LogP contribution >= 0.6 is 11.6 Å². The average Bonchev–Trinajstić information content (AvgIpc) is 2.84. The summed E-state index contributed by atoms with van der Waals surface area (Å²) in [6.45, 7) is 1.61. The van der Waals surface area contributed by atoms with Crippen LogP contribution in [0.5, 0.6) is 5.75 Å². The lowest BCUT2D eigenvalue weighted by Crippen LogP contribution is -1.96. The lowest BCUT2D eigenvalue weighted by Gasteiger charge is -2.08. The first-order valence-corrected chi connectivity index (χ1v) is 6.43. The van der Waals surface area contributed by atoms with Gasteiger partial charge in [0.25, 0.3) is 0 Å². The van der Waals surface area contributed by atoms with Gasteiger partial charge < -0.3 is 10.1 Å². The molecule has 2 aromatic carbocycles. The SMILES string of the molecule is Clc1cccc(OCc2ccc3c(c2)CCN3)c1. The van der Waals surface area contributed by atoms with Gasteiger partial charge in [0.1, 0.15) is 12.4 Å². The normalized spacial score (nSPS) is 12.9. The smallest absolute Gasteiger partial charge is 0.121 e. The van der Waals surface area contributed by atoms with Crippen molar-refractivity contribution < 1.29 is 4.74 Å². The van der Waals surface area contributed by atoms with E-state index in [2.05, 4.69) is 23.5 Å². The summed E-state index contributed by atoms with van der Waals surface area (Å²) >= 11 is 5.92. The predicted molar refractivity (Wildman–Crippen MR) is 74.4 cm³/mol. The van der Waals surface area contributed by atoms with Crippen LogP contribution in [0.1, 0.15) is 11.1 Å². The standard InChI is InChI=1S/C15H14ClNO/c16-13-2-1-3-14(9-13)18-10-11-4-5-15-12(8-11)6-7-17-15/h1-5,8-9,17H,6-7,10H2. The van der Waals surface area contributed by atoms with E-state index in [1.54, 1.807) is 0 Å². The van der Waals surface area contributed by atoms with E-state index < -0.39 is 0 Å². The van der Waals surface area contributed by atoms with Crippen molar-refractivity contribution in [2.75, 3.05) is 11.9 Å². The predicted octanol–water partition coefficient (Wildman–Crippen LogP) is 3.89. The third-order valence-corrected chi connectivity index (χ3v) is 3.32. The molecule has 0 saturated heterocycles. The molecule has 0 bridgehead atoms. The number of benzene rings is 2. The fraction of sp³-hybridized carbons (Fsp3) is 0.200. The molecule has 0 spiro atoms. The van der Waals surface area contributed by atoms with E-state index in [4.69, 9.17) is 16.3 Å². The van der Waals surface area contributed by atoms with E-state index in [1.165, 1.54) is 16.8 Å². The highest BCUT2D eigenvalue weighted by atomic mass is 35.5. The van der Waals surface area contributed by atoms with E-state index >= 15 is 0 Å².